The summed E-state index contributed by atoms with van der Waals surface area (Å²) in [5, 5.41) is 10.4. The second-order valence-corrected chi connectivity index (χ2v) is 10.4. The van der Waals surface area contributed by atoms with Gasteiger partial charge in [-0.2, -0.15) is 0 Å². The summed E-state index contributed by atoms with van der Waals surface area (Å²) >= 11 is 6.25. The first-order chi connectivity index (χ1) is 21.2. The predicted molar refractivity (Wildman–Crippen MR) is 162 cm³/mol. The lowest BCUT2D eigenvalue weighted by Gasteiger charge is -2.33. The van der Waals surface area contributed by atoms with E-state index in [1.54, 1.807) is 48.5 Å². The summed E-state index contributed by atoms with van der Waals surface area (Å²) in [7, 11) is 0. The van der Waals surface area contributed by atoms with E-state index in [2.05, 4.69) is 5.43 Å². The molecule has 0 fully saturated rings. The van der Waals surface area contributed by atoms with Crippen LogP contribution in [0.25, 0.3) is 10.9 Å². The second-order valence-electron chi connectivity index (χ2n) is 10.00. The molecule has 0 bridgehead atoms. The van der Waals surface area contributed by atoms with Crippen molar-refractivity contribution in [2.75, 3.05) is 18.5 Å². The fraction of sp³-hybridized carbons (Fsp3) is 0.156. The van der Waals surface area contributed by atoms with Crippen LogP contribution < -0.4 is 16.7 Å². The van der Waals surface area contributed by atoms with E-state index in [0.29, 0.717) is 22.3 Å². The topological polar surface area (TPSA) is 113 Å². The van der Waals surface area contributed by atoms with Crippen molar-refractivity contribution in [3.63, 3.8) is 0 Å². The van der Waals surface area contributed by atoms with Crippen LogP contribution in [-0.2, 0) is 6.42 Å². The van der Waals surface area contributed by atoms with Gasteiger partial charge in [-0.05, 0) is 73.1 Å². The van der Waals surface area contributed by atoms with Crippen molar-refractivity contribution in [3.05, 3.63) is 135 Å². The monoisotopic (exact) mass is 621 g/mol. The number of benzene rings is 4. The number of amides is 1. The van der Waals surface area contributed by atoms with Crippen LogP contribution in [0.1, 0.15) is 34.2 Å². The number of nitrogens with zero attached hydrogens (tertiary/aromatic N) is 3. The Labute approximate surface area is 255 Å². The van der Waals surface area contributed by atoms with Crippen molar-refractivity contribution in [2.45, 2.75) is 18.9 Å². The Morgan fingerprint density at radius 1 is 1.00 bits per heavy atom. The van der Waals surface area contributed by atoms with Gasteiger partial charge in [0.2, 0.25) is 0 Å². The molecule has 4 aromatic carbocycles. The molecule has 5 aromatic rings. The van der Waals surface area contributed by atoms with E-state index in [1.807, 2.05) is 0 Å². The normalized spacial score (nSPS) is 11.8. The van der Waals surface area contributed by atoms with Crippen LogP contribution in [0.2, 0.25) is 5.02 Å². The van der Waals surface area contributed by atoms with Crippen molar-refractivity contribution in [2.24, 2.45) is 5.73 Å². The molecule has 44 heavy (non-hydrogen) atoms. The second kappa shape index (κ2) is 13.2. The van der Waals surface area contributed by atoms with E-state index in [-0.39, 0.29) is 48.4 Å². The molecule has 0 saturated heterocycles. The van der Waals surface area contributed by atoms with E-state index < -0.39 is 40.5 Å². The summed E-state index contributed by atoms with van der Waals surface area (Å²) in [6.07, 6.45) is 0.274. The summed E-state index contributed by atoms with van der Waals surface area (Å²) in [4.78, 5) is 34.0. The third-order valence-corrected chi connectivity index (χ3v) is 7.28. The Hall–Kier alpha value is -4.87. The zero-order valence-corrected chi connectivity index (χ0v) is 23.9. The van der Waals surface area contributed by atoms with Gasteiger partial charge in [0.15, 0.2) is 23.3 Å². The maximum atomic E-state index is 15.0. The summed E-state index contributed by atoms with van der Waals surface area (Å²) in [5.74, 6) is -5.78. The summed E-state index contributed by atoms with van der Waals surface area (Å²) in [6.45, 7) is 0.0944. The van der Waals surface area contributed by atoms with Gasteiger partial charge in [-0.1, -0.05) is 41.9 Å². The number of para-hydroxylation sites is 1. The molecule has 5 rings (SSSR count). The smallest absolute Gasteiger partial charge is 0.280 e. The van der Waals surface area contributed by atoms with Crippen LogP contribution in [-0.4, -0.2) is 38.7 Å². The predicted octanol–water partition coefficient (Wildman–Crippen LogP) is 5.82. The first-order valence-corrected chi connectivity index (χ1v) is 14.0. The van der Waals surface area contributed by atoms with E-state index in [9.17, 15) is 23.5 Å². The van der Waals surface area contributed by atoms with Crippen LogP contribution in [0.3, 0.4) is 0 Å². The lowest BCUT2D eigenvalue weighted by atomic mass is 10.0. The quantitative estimate of drug-likeness (QED) is 0.169. The fourth-order valence-electron chi connectivity index (χ4n) is 4.85. The number of phenolic OH excluding ortho intramolecular Hbond substituents is 1. The van der Waals surface area contributed by atoms with Gasteiger partial charge in [0, 0.05) is 18.0 Å². The third-order valence-electron chi connectivity index (χ3n) is 7.04. The highest BCUT2D eigenvalue weighted by Gasteiger charge is 2.33. The van der Waals surface area contributed by atoms with Crippen LogP contribution in [0.4, 0.5) is 18.9 Å². The molecule has 0 aliphatic carbocycles. The highest BCUT2D eigenvalue weighted by atomic mass is 35.5. The molecular formula is C32H27ClF3N5O3. The molecule has 12 heteroatoms. The minimum absolute atomic E-state index is 0.00588. The first kappa shape index (κ1) is 30.6. The van der Waals surface area contributed by atoms with E-state index in [0.717, 1.165) is 6.07 Å². The van der Waals surface area contributed by atoms with Crippen molar-refractivity contribution < 1.29 is 23.1 Å². The van der Waals surface area contributed by atoms with Crippen molar-refractivity contribution in [1.29, 1.82) is 0 Å². The van der Waals surface area contributed by atoms with E-state index in [1.165, 1.54) is 33.8 Å². The van der Waals surface area contributed by atoms with Gasteiger partial charge in [-0.15, -0.1) is 0 Å². The SMILES string of the molecule is NCCCN(C(=O)c1ccc(F)c(F)c1F)[C@@H](Cc1ccc(O)cc1)c1nc2cc(Cl)ccc2c(=O)n1Nc1ccccc1. The molecule has 0 aliphatic heterocycles. The Morgan fingerprint density at radius 2 is 1.73 bits per heavy atom. The molecule has 226 valence electrons. The minimum atomic E-state index is -1.79. The number of aromatic nitrogens is 2. The summed E-state index contributed by atoms with van der Waals surface area (Å²) in [5.41, 5.74) is 9.04. The number of fused-ring (bicyclic) bond motifs is 1. The minimum Gasteiger partial charge on any atom is -0.508 e. The lowest BCUT2D eigenvalue weighted by Crippen LogP contribution is -2.42. The molecule has 1 heterocycles. The van der Waals surface area contributed by atoms with Gasteiger partial charge in [0.25, 0.3) is 11.5 Å². The number of rotatable bonds is 10. The Bertz CT molecular complexity index is 1870. The summed E-state index contributed by atoms with van der Waals surface area (Å²) in [6, 6.07) is 20.0. The average molecular weight is 622 g/mol. The van der Waals surface area contributed by atoms with E-state index in [4.69, 9.17) is 22.3 Å². The van der Waals surface area contributed by atoms with Crippen molar-refractivity contribution in [1.82, 2.24) is 14.6 Å². The van der Waals surface area contributed by atoms with Gasteiger partial charge in [-0.25, -0.2) is 22.8 Å². The number of phenols is 1. The number of nitrogens with one attached hydrogen (secondary N) is 1. The van der Waals surface area contributed by atoms with Crippen LogP contribution >= 0.6 is 11.6 Å². The molecule has 1 amide bonds. The van der Waals surface area contributed by atoms with Gasteiger partial charge >= 0.3 is 0 Å². The Kier molecular flexibility index (Phi) is 9.17. The largest absolute Gasteiger partial charge is 0.508 e. The molecule has 0 spiro atoms. The molecule has 0 aliphatic rings. The van der Waals surface area contributed by atoms with Gasteiger partial charge in [-0.3, -0.25) is 15.0 Å². The average Bonchev–Trinajstić information content (AvgIpc) is 3.02. The number of carbonyl (C=O) groups excluding carboxylic acids is 1. The number of halogens is 4. The molecule has 1 aromatic heterocycles. The lowest BCUT2D eigenvalue weighted by molar-refractivity contribution is 0.0655. The molecule has 0 unspecified atom stereocenters. The highest BCUT2D eigenvalue weighted by Crippen LogP contribution is 2.30. The van der Waals surface area contributed by atoms with Crippen LogP contribution in [0, 0.1) is 17.5 Å². The molecule has 1 atom stereocenters. The fourth-order valence-corrected chi connectivity index (χ4v) is 5.02. The van der Waals surface area contributed by atoms with Crippen LogP contribution in [0.5, 0.6) is 5.75 Å². The summed E-state index contributed by atoms with van der Waals surface area (Å²) < 4.78 is 44.3. The van der Waals surface area contributed by atoms with Gasteiger partial charge in [0.05, 0.1) is 28.2 Å². The first-order valence-electron chi connectivity index (χ1n) is 13.6. The number of anilines is 1. The number of aromatic hydroxyl groups is 1. The van der Waals surface area contributed by atoms with E-state index >= 15 is 4.39 Å². The molecule has 0 saturated carbocycles. The standard InChI is InChI=1S/C32H27ClF3N5O3/c33-20-9-12-23-26(18-20)38-30(41(32(23)44)39-21-5-2-1-3-6-21)27(17-19-7-10-22(42)11-8-19)40(16-4-15-37)31(43)24-13-14-25(34)29(36)28(24)35/h1-3,5-14,18,27,39,42H,4,15-17,37H2/t27-/m0/s1. The van der Waals surface area contributed by atoms with Gasteiger partial charge < -0.3 is 15.7 Å². The van der Waals surface area contributed by atoms with Crippen LogP contribution in [0.15, 0.2) is 89.7 Å². The van der Waals surface area contributed by atoms with Crippen molar-refractivity contribution in [3.8, 4) is 5.75 Å². The Balaban J connectivity index is 1.77. The van der Waals surface area contributed by atoms with Crippen molar-refractivity contribution >= 4 is 34.1 Å². The zero-order valence-electron chi connectivity index (χ0n) is 23.2. The maximum Gasteiger partial charge on any atom is 0.280 e. The zero-order chi connectivity index (χ0) is 31.4. The maximum absolute atomic E-state index is 15.0. The number of hydrogen-bond acceptors (Lipinski definition) is 6. The molecular weight excluding hydrogens is 595 g/mol. The third kappa shape index (κ3) is 6.38. The Morgan fingerprint density at radius 3 is 2.43 bits per heavy atom. The highest BCUT2D eigenvalue weighted by molar-refractivity contribution is 6.31. The van der Waals surface area contributed by atoms with Gasteiger partial charge in [0.1, 0.15) is 5.75 Å². The molecule has 8 nitrogen and oxygen atoms in total. The molecule has 4 N–H and O–H groups in total. The molecule has 0 radical (unpaired) electrons. The number of nitrogens with two attached hydrogens (primary N) is 1. The number of carbonyl (C=O) groups is 1. The number of hydrogen-bond donors (Lipinski definition) is 3.